The maximum atomic E-state index is 6.33. The van der Waals surface area contributed by atoms with Crippen LogP contribution in [0.4, 0.5) is 0 Å². The van der Waals surface area contributed by atoms with Crippen molar-refractivity contribution in [2.75, 3.05) is 6.61 Å². The van der Waals surface area contributed by atoms with E-state index in [9.17, 15) is 0 Å². The fourth-order valence-corrected chi connectivity index (χ4v) is 4.47. The van der Waals surface area contributed by atoms with Gasteiger partial charge >= 0.3 is 0 Å². The maximum Gasteiger partial charge on any atom is 0.0827 e. The smallest absolute Gasteiger partial charge is 0.0827 e. The Morgan fingerprint density at radius 3 is 2.14 bits per heavy atom. The zero-order valence-electron chi connectivity index (χ0n) is 14.8. The first-order valence-electron chi connectivity index (χ1n) is 9.24. The van der Waals surface area contributed by atoms with Crippen LogP contribution in [0, 0.1) is 38.5 Å². The van der Waals surface area contributed by atoms with E-state index in [1.807, 2.05) is 0 Å². The van der Waals surface area contributed by atoms with E-state index >= 15 is 0 Å². The van der Waals surface area contributed by atoms with E-state index in [0.717, 1.165) is 24.4 Å². The minimum absolute atomic E-state index is 0.332. The molecule has 0 spiro atoms. The van der Waals surface area contributed by atoms with Gasteiger partial charge < -0.3 is 4.74 Å². The van der Waals surface area contributed by atoms with Crippen molar-refractivity contribution in [3.63, 3.8) is 0 Å². The maximum absolute atomic E-state index is 6.33. The molecule has 1 aliphatic heterocycles. The molecular weight excluding hydrogens is 268 g/mol. The number of benzene rings is 1. The number of hydrogen-bond acceptors (Lipinski definition) is 1. The molecule has 0 aromatic heterocycles. The summed E-state index contributed by atoms with van der Waals surface area (Å²) in [5, 5.41) is 0. The average Bonchev–Trinajstić information content (AvgIpc) is 2.54. The van der Waals surface area contributed by atoms with Gasteiger partial charge in [0.25, 0.3) is 0 Å². The Morgan fingerprint density at radius 2 is 1.50 bits per heavy atom. The average molecular weight is 300 g/mol. The third-order valence-corrected chi connectivity index (χ3v) is 6.49. The third-order valence-electron chi connectivity index (χ3n) is 6.49. The monoisotopic (exact) mass is 300 g/mol. The van der Waals surface area contributed by atoms with E-state index in [2.05, 4.69) is 39.8 Å². The van der Waals surface area contributed by atoms with E-state index in [-0.39, 0.29) is 0 Å². The quantitative estimate of drug-likeness (QED) is 0.660. The molecule has 0 radical (unpaired) electrons. The van der Waals surface area contributed by atoms with Gasteiger partial charge in [-0.1, -0.05) is 31.9 Å². The van der Waals surface area contributed by atoms with Crippen LogP contribution < -0.4 is 0 Å². The summed E-state index contributed by atoms with van der Waals surface area (Å²) in [7, 11) is 0. The third kappa shape index (κ3) is 3.25. The molecule has 1 saturated carbocycles. The van der Waals surface area contributed by atoms with Gasteiger partial charge in [0.15, 0.2) is 0 Å². The Bertz CT molecular complexity index is 503. The van der Waals surface area contributed by atoms with Crippen molar-refractivity contribution in [2.45, 2.75) is 72.3 Å². The highest BCUT2D eigenvalue weighted by Crippen LogP contribution is 2.41. The minimum Gasteiger partial charge on any atom is -0.373 e. The Labute approximate surface area is 136 Å². The summed E-state index contributed by atoms with van der Waals surface area (Å²) in [6.07, 6.45) is 8.63. The first-order chi connectivity index (χ1) is 10.6. The molecule has 1 heterocycles. The van der Waals surface area contributed by atoms with E-state index in [1.165, 1.54) is 60.8 Å². The number of ether oxygens (including phenoxy) is 1. The van der Waals surface area contributed by atoms with Crippen LogP contribution in [-0.2, 0) is 4.74 Å². The Balaban J connectivity index is 1.61. The molecule has 122 valence electrons. The summed E-state index contributed by atoms with van der Waals surface area (Å²) >= 11 is 0. The second kappa shape index (κ2) is 6.74. The first-order valence-corrected chi connectivity index (χ1v) is 9.24. The summed E-state index contributed by atoms with van der Waals surface area (Å²) in [6.45, 7) is 10.1. The molecule has 1 aromatic rings. The first kappa shape index (κ1) is 16.1. The normalized spacial score (nSPS) is 32.9. The molecule has 1 heteroatoms. The van der Waals surface area contributed by atoms with Gasteiger partial charge in [-0.2, -0.15) is 0 Å². The fourth-order valence-electron chi connectivity index (χ4n) is 4.47. The summed E-state index contributed by atoms with van der Waals surface area (Å²) in [5.74, 6) is 2.69. The summed E-state index contributed by atoms with van der Waals surface area (Å²) in [5.41, 5.74) is 5.70. The number of hydrogen-bond donors (Lipinski definition) is 0. The van der Waals surface area contributed by atoms with Crippen LogP contribution in [0.25, 0.3) is 0 Å². The fraction of sp³-hybridized carbons (Fsp3) is 0.714. The zero-order valence-corrected chi connectivity index (χ0v) is 14.8. The van der Waals surface area contributed by atoms with Crippen molar-refractivity contribution in [3.05, 3.63) is 34.4 Å². The molecule has 2 aliphatic rings. The Kier molecular flexibility index (Phi) is 4.92. The molecule has 2 atom stereocenters. The summed E-state index contributed by atoms with van der Waals surface area (Å²) in [4.78, 5) is 0. The van der Waals surface area contributed by atoms with Crippen LogP contribution >= 0.6 is 0 Å². The van der Waals surface area contributed by atoms with Crippen LogP contribution in [-0.4, -0.2) is 6.61 Å². The predicted molar refractivity (Wildman–Crippen MR) is 93.2 cm³/mol. The van der Waals surface area contributed by atoms with Crippen molar-refractivity contribution in [1.82, 2.24) is 0 Å². The van der Waals surface area contributed by atoms with Gasteiger partial charge in [0.1, 0.15) is 0 Å². The van der Waals surface area contributed by atoms with Gasteiger partial charge in [-0.3, -0.25) is 0 Å². The molecule has 22 heavy (non-hydrogen) atoms. The lowest BCUT2D eigenvalue weighted by Crippen LogP contribution is -2.29. The van der Waals surface area contributed by atoms with Crippen LogP contribution in [0.3, 0.4) is 0 Å². The summed E-state index contributed by atoms with van der Waals surface area (Å²) in [6, 6.07) is 4.56. The molecule has 0 bridgehead atoms. The second-order valence-corrected chi connectivity index (χ2v) is 7.90. The van der Waals surface area contributed by atoms with Crippen LogP contribution in [0.15, 0.2) is 12.1 Å². The van der Waals surface area contributed by atoms with Gasteiger partial charge in [-0.15, -0.1) is 0 Å². The van der Waals surface area contributed by atoms with Gasteiger partial charge in [-0.05, 0) is 86.5 Å². The van der Waals surface area contributed by atoms with Crippen molar-refractivity contribution >= 4 is 0 Å². The van der Waals surface area contributed by atoms with Crippen LogP contribution in [0.5, 0.6) is 0 Å². The molecule has 3 rings (SSSR count). The standard InChI is InChI=1S/C21H32O/c1-14-5-8-18(9-6-14)19-10-12-21(22-13-19)20-11-7-15(2)16(3)17(20)4/h7,11,14,18-19,21H,5-6,8-10,12-13H2,1-4H3/t14?,18?,19?,21-/m0/s1. The van der Waals surface area contributed by atoms with E-state index in [4.69, 9.17) is 4.74 Å². The highest BCUT2D eigenvalue weighted by Gasteiger charge is 2.31. The van der Waals surface area contributed by atoms with Crippen molar-refractivity contribution in [2.24, 2.45) is 17.8 Å². The highest BCUT2D eigenvalue weighted by molar-refractivity contribution is 5.40. The largest absolute Gasteiger partial charge is 0.373 e. The lowest BCUT2D eigenvalue weighted by atomic mass is 9.74. The highest BCUT2D eigenvalue weighted by atomic mass is 16.5. The van der Waals surface area contributed by atoms with Crippen molar-refractivity contribution in [3.8, 4) is 0 Å². The van der Waals surface area contributed by atoms with E-state index < -0.39 is 0 Å². The SMILES string of the molecule is Cc1ccc([C@@H]2CCC(C3CCC(C)CC3)CO2)c(C)c1C. The van der Waals surface area contributed by atoms with Crippen LogP contribution in [0.2, 0.25) is 0 Å². The van der Waals surface area contributed by atoms with Crippen LogP contribution in [0.1, 0.15) is 73.8 Å². The van der Waals surface area contributed by atoms with Crippen molar-refractivity contribution in [1.29, 1.82) is 0 Å². The molecule has 0 amide bonds. The molecule has 2 fully saturated rings. The Morgan fingerprint density at radius 1 is 0.818 bits per heavy atom. The molecular formula is C21H32O. The minimum atomic E-state index is 0.332. The molecule has 1 nitrogen and oxygen atoms in total. The van der Waals surface area contributed by atoms with Gasteiger partial charge in [-0.25, -0.2) is 0 Å². The molecule has 1 aromatic carbocycles. The lowest BCUT2D eigenvalue weighted by Gasteiger charge is -2.37. The lowest BCUT2D eigenvalue weighted by molar-refractivity contribution is -0.0402. The van der Waals surface area contributed by atoms with E-state index in [0.29, 0.717) is 6.10 Å². The molecule has 1 unspecified atom stereocenters. The molecule has 0 N–H and O–H groups in total. The van der Waals surface area contributed by atoms with Gasteiger partial charge in [0.2, 0.25) is 0 Å². The van der Waals surface area contributed by atoms with E-state index in [1.54, 1.807) is 0 Å². The summed E-state index contributed by atoms with van der Waals surface area (Å²) < 4.78 is 6.33. The predicted octanol–water partition coefficient (Wildman–Crippen LogP) is 5.91. The molecule has 1 saturated heterocycles. The number of aryl methyl sites for hydroxylation is 1. The number of rotatable bonds is 2. The molecule has 1 aliphatic carbocycles. The van der Waals surface area contributed by atoms with Crippen molar-refractivity contribution < 1.29 is 4.74 Å². The van der Waals surface area contributed by atoms with Gasteiger partial charge in [0, 0.05) is 0 Å². The topological polar surface area (TPSA) is 9.23 Å². The second-order valence-electron chi connectivity index (χ2n) is 7.90. The van der Waals surface area contributed by atoms with Gasteiger partial charge in [0.05, 0.1) is 12.7 Å². The Hall–Kier alpha value is -0.820. The zero-order chi connectivity index (χ0) is 15.7.